The highest BCUT2D eigenvalue weighted by Crippen LogP contribution is 2.46. The van der Waals surface area contributed by atoms with Crippen molar-refractivity contribution in [3.05, 3.63) is 125 Å². The molecule has 5 aromatic rings. The second-order valence-electron chi connectivity index (χ2n) is 20.9. The zero-order valence-electron chi connectivity index (χ0n) is 36.1. The molecule has 5 aromatic carbocycles. The predicted octanol–water partition coefficient (Wildman–Crippen LogP) is 12.3. The molecule has 2 aliphatic heterocycles. The third-order valence-electron chi connectivity index (χ3n) is 11.6. The highest BCUT2D eigenvalue weighted by molar-refractivity contribution is 7.00. The quantitative estimate of drug-likeness (QED) is 0.166. The Morgan fingerprint density at radius 2 is 0.830 bits per heavy atom. The van der Waals surface area contributed by atoms with E-state index in [0.717, 1.165) is 22.7 Å². The van der Waals surface area contributed by atoms with Crippen LogP contribution >= 0.6 is 0 Å². The van der Waals surface area contributed by atoms with Crippen molar-refractivity contribution >= 4 is 57.2 Å². The molecule has 0 atom stereocenters. The van der Waals surface area contributed by atoms with Crippen molar-refractivity contribution in [2.75, 3.05) is 9.80 Å². The number of anilines is 6. The van der Waals surface area contributed by atoms with E-state index in [2.05, 4.69) is 205 Å². The van der Waals surface area contributed by atoms with Crippen LogP contribution in [0.4, 0.5) is 34.1 Å². The number of fused-ring (bicyclic) bond motifs is 4. The van der Waals surface area contributed by atoms with E-state index in [9.17, 15) is 1.37 Å². The molecule has 0 amide bonds. The maximum atomic E-state index is 9.45. The Morgan fingerprint density at radius 3 is 1.34 bits per heavy atom. The lowest BCUT2D eigenvalue weighted by molar-refractivity contribution is 0.569. The number of hydrogen-bond acceptors (Lipinski definition) is 2. The first-order valence-corrected chi connectivity index (χ1v) is 19.6. The van der Waals surface area contributed by atoms with Gasteiger partial charge in [0.15, 0.2) is 0 Å². The lowest BCUT2D eigenvalue weighted by Gasteiger charge is -2.45. The lowest BCUT2D eigenvalue weighted by atomic mass is 9.33. The molecule has 0 spiro atoms. The third-order valence-corrected chi connectivity index (χ3v) is 11.6. The number of hydrogen-bond donors (Lipinski definition) is 0. The van der Waals surface area contributed by atoms with E-state index in [1.54, 1.807) is 0 Å². The zero-order valence-corrected chi connectivity index (χ0v) is 35.1. The van der Waals surface area contributed by atoms with E-state index in [1.807, 2.05) is 0 Å². The van der Waals surface area contributed by atoms with Gasteiger partial charge in [-0.15, -0.1) is 0 Å². The Kier molecular flexibility index (Phi) is 8.19. The fourth-order valence-corrected chi connectivity index (χ4v) is 8.07. The van der Waals surface area contributed by atoms with Gasteiger partial charge in [-0.25, -0.2) is 0 Å². The highest BCUT2D eigenvalue weighted by Gasteiger charge is 2.44. The van der Waals surface area contributed by atoms with Crippen LogP contribution in [0.25, 0.3) is 0 Å². The Morgan fingerprint density at radius 1 is 0.377 bits per heavy atom. The van der Waals surface area contributed by atoms with Crippen LogP contribution in [-0.2, 0) is 27.1 Å². The predicted molar refractivity (Wildman–Crippen MR) is 234 cm³/mol. The zero-order chi connectivity index (χ0) is 39.5. The van der Waals surface area contributed by atoms with Crippen molar-refractivity contribution in [2.24, 2.45) is 0 Å². The normalized spacial score (nSPS) is 14.8. The minimum Gasteiger partial charge on any atom is -0.311 e. The van der Waals surface area contributed by atoms with Gasteiger partial charge >= 0.3 is 0 Å². The molecule has 53 heavy (non-hydrogen) atoms. The molecule has 274 valence electrons. The molecule has 0 bridgehead atoms. The maximum Gasteiger partial charge on any atom is 0.252 e. The van der Waals surface area contributed by atoms with E-state index in [4.69, 9.17) is 0 Å². The van der Waals surface area contributed by atoms with Crippen LogP contribution < -0.4 is 26.2 Å². The van der Waals surface area contributed by atoms with Gasteiger partial charge in [0, 0.05) is 34.1 Å². The summed E-state index contributed by atoms with van der Waals surface area (Å²) in [5, 5.41) is 0. The average Bonchev–Trinajstić information content (AvgIpc) is 3.05. The van der Waals surface area contributed by atoms with Gasteiger partial charge in [-0.3, -0.25) is 0 Å². The van der Waals surface area contributed by atoms with E-state index >= 15 is 0 Å². The molecule has 2 heterocycles. The largest absolute Gasteiger partial charge is 0.311 e. The Hall–Kier alpha value is -4.24. The van der Waals surface area contributed by atoms with Crippen LogP contribution in [0, 0.1) is 0 Å². The molecule has 0 aromatic heterocycles. The summed E-state index contributed by atoms with van der Waals surface area (Å²) >= 11 is 0. The molecular formula is C50H61BN2. The molecule has 0 saturated heterocycles. The van der Waals surface area contributed by atoms with Crippen molar-refractivity contribution in [3.8, 4) is 0 Å². The van der Waals surface area contributed by atoms with Crippen molar-refractivity contribution in [1.29, 1.82) is 0 Å². The van der Waals surface area contributed by atoms with Crippen molar-refractivity contribution in [2.45, 2.75) is 131 Å². The standard InChI is InChI=1S/C50H61BN2/c1-46(2,3)32-19-23-37(24-20-32)52-41-26-22-33(47(4,5)6)30-40(41)51-39-25-21-34(48(7,8)9)31-44(39)53(43-18-16-17-42(52)45(43)51)38-28-35(49(10,11)12)27-36(29-38)50(13,14)15/h16-31H,1-15H3/i16D. The Labute approximate surface area is 323 Å². The fourth-order valence-electron chi connectivity index (χ4n) is 8.07. The second kappa shape index (κ2) is 12.1. The molecule has 2 nitrogen and oxygen atoms in total. The summed E-state index contributed by atoms with van der Waals surface area (Å²) in [5.41, 5.74) is 17.2. The molecule has 2 aliphatic rings. The second-order valence-corrected chi connectivity index (χ2v) is 20.9. The van der Waals surface area contributed by atoms with E-state index in [1.165, 1.54) is 55.6 Å². The summed E-state index contributed by atoms with van der Waals surface area (Å²) in [5.74, 6) is 0. The van der Waals surface area contributed by atoms with E-state index in [-0.39, 0.29) is 33.8 Å². The van der Waals surface area contributed by atoms with Gasteiger partial charge in [0.2, 0.25) is 0 Å². The van der Waals surface area contributed by atoms with E-state index in [0.29, 0.717) is 6.04 Å². The van der Waals surface area contributed by atoms with Gasteiger partial charge in [-0.1, -0.05) is 152 Å². The van der Waals surface area contributed by atoms with Crippen molar-refractivity contribution in [1.82, 2.24) is 0 Å². The topological polar surface area (TPSA) is 6.48 Å². The molecule has 0 fully saturated rings. The SMILES string of the molecule is [2H]c1cc2c3c(c1)N(c1cc(C(C)(C)C)cc(C(C)(C)C)c1)c1cc(C(C)(C)C)ccc1B3c1cc(C(C)(C)C)ccc1N2c1ccc(C(C)(C)C)cc1. The van der Waals surface area contributed by atoms with E-state index < -0.39 is 0 Å². The van der Waals surface area contributed by atoms with Crippen molar-refractivity contribution in [3.63, 3.8) is 0 Å². The van der Waals surface area contributed by atoms with Crippen LogP contribution in [0.1, 0.15) is 133 Å². The summed E-state index contributed by atoms with van der Waals surface area (Å²) in [4.78, 5) is 4.93. The van der Waals surface area contributed by atoms with Gasteiger partial charge < -0.3 is 9.80 Å². The van der Waals surface area contributed by atoms with Gasteiger partial charge in [0.1, 0.15) is 0 Å². The first-order valence-electron chi connectivity index (χ1n) is 20.1. The average molecular weight is 702 g/mol. The number of benzene rings is 5. The monoisotopic (exact) mass is 701 g/mol. The minimum atomic E-state index is -0.0422. The first-order chi connectivity index (χ1) is 24.8. The van der Waals surface area contributed by atoms with Crippen LogP contribution in [0.5, 0.6) is 0 Å². The number of rotatable bonds is 2. The van der Waals surface area contributed by atoms with Gasteiger partial charge in [-0.05, 0) is 120 Å². The van der Waals surface area contributed by atoms with Crippen molar-refractivity contribution < 1.29 is 1.37 Å². The molecule has 0 N–H and O–H groups in total. The molecule has 7 rings (SSSR count). The molecule has 0 saturated carbocycles. The minimum absolute atomic E-state index is 0.00570. The van der Waals surface area contributed by atoms with Gasteiger partial charge in [-0.2, -0.15) is 0 Å². The van der Waals surface area contributed by atoms with Crippen LogP contribution in [0.3, 0.4) is 0 Å². The van der Waals surface area contributed by atoms with Gasteiger partial charge in [0.05, 0.1) is 1.37 Å². The summed E-state index contributed by atoms with van der Waals surface area (Å²) in [6, 6.07) is 35.4. The Bertz CT molecular complexity index is 2230. The van der Waals surface area contributed by atoms with Crippen LogP contribution in [0.2, 0.25) is 0 Å². The molecular weight excluding hydrogens is 639 g/mol. The van der Waals surface area contributed by atoms with Gasteiger partial charge in [0.25, 0.3) is 6.71 Å². The van der Waals surface area contributed by atoms with Crippen LogP contribution in [-0.4, -0.2) is 6.71 Å². The van der Waals surface area contributed by atoms with Crippen LogP contribution in [0.15, 0.2) is 97.0 Å². The summed E-state index contributed by atoms with van der Waals surface area (Å²) < 4.78 is 9.45. The smallest absolute Gasteiger partial charge is 0.252 e. The lowest BCUT2D eigenvalue weighted by Crippen LogP contribution is -2.61. The summed E-state index contributed by atoms with van der Waals surface area (Å²) in [6.45, 7) is 34.6. The molecule has 0 aliphatic carbocycles. The number of nitrogens with zero attached hydrogens (tertiary/aromatic N) is 2. The summed E-state index contributed by atoms with van der Waals surface area (Å²) in [6.07, 6.45) is 0. The maximum absolute atomic E-state index is 9.45. The molecule has 3 heteroatoms. The highest BCUT2D eigenvalue weighted by atomic mass is 15.2. The summed E-state index contributed by atoms with van der Waals surface area (Å²) in [7, 11) is 0. The Balaban J connectivity index is 1.61. The molecule has 0 unspecified atom stereocenters. The fraction of sp³-hybridized carbons (Fsp3) is 0.400. The first kappa shape index (κ1) is 35.8. The third kappa shape index (κ3) is 6.53. The molecule has 0 radical (unpaired) electrons.